The summed E-state index contributed by atoms with van der Waals surface area (Å²) < 4.78 is 11.0. The zero-order valence-electron chi connectivity index (χ0n) is 23.0. The summed E-state index contributed by atoms with van der Waals surface area (Å²) in [5.41, 5.74) is 3.42. The van der Waals surface area contributed by atoms with Crippen LogP contribution in [0, 0.1) is 45.8 Å². The van der Waals surface area contributed by atoms with Gasteiger partial charge in [-0.1, -0.05) is 6.92 Å². The summed E-state index contributed by atoms with van der Waals surface area (Å²) in [6, 6.07) is 0. The number of nitrogens with zero attached hydrogens (tertiary/aromatic N) is 1. The smallest absolute Gasteiger partial charge is 0.157 e. The van der Waals surface area contributed by atoms with E-state index >= 15 is 0 Å². The van der Waals surface area contributed by atoms with Crippen molar-refractivity contribution in [2.24, 2.45) is 45.5 Å². The molecule has 0 bridgehead atoms. The number of nitrogens with one attached hydrogen (secondary N) is 2. The van der Waals surface area contributed by atoms with Crippen LogP contribution in [0.1, 0.15) is 71.6 Å². The second kappa shape index (κ2) is 9.96. The van der Waals surface area contributed by atoms with Crippen LogP contribution < -0.4 is 5.43 Å². The first kappa shape index (κ1) is 26.6. The number of ether oxygens (including phenoxy) is 2. The number of carbonyl (C=O) groups excluding carboxylic acids is 1. The van der Waals surface area contributed by atoms with E-state index in [0.717, 1.165) is 51.6 Å². The van der Waals surface area contributed by atoms with Gasteiger partial charge in [0.05, 0.1) is 31.6 Å². The van der Waals surface area contributed by atoms with Gasteiger partial charge in [-0.15, -0.1) is 0 Å². The fourth-order valence-electron chi connectivity index (χ4n) is 9.38. The molecule has 0 saturated heterocycles. The molecule has 0 radical (unpaired) electrons. The molecular weight excluding hydrogens is 466 g/mol. The van der Waals surface area contributed by atoms with Crippen molar-refractivity contribution in [3.05, 3.63) is 24.0 Å². The van der Waals surface area contributed by atoms with Gasteiger partial charge in [-0.3, -0.25) is 10.2 Å². The van der Waals surface area contributed by atoms with Gasteiger partial charge in [0.15, 0.2) is 5.78 Å². The van der Waals surface area contributed by atoms with Crippen LogP contribution in [0.15, 0.2) is 29.1 Å². The van der Waals surface area contributed by atoms with Gasteiger partial charge in [0.25, 0.3) is 0 Å². The average Bonchev–Trinajstić information content (AvgIpc) is 3.22. The number of fused-ring (bicyclic) bond motifs is 5. The SMILES string of the molecule is COC[C@]12CC[C@@](C)(O)C[C@@H]1CC[C@H]1[C@@H]3CC[C@H](C(=O)CN/N=C4/C=CC(OC)=CC4=N)[C@@]3(C)CC[C@@H]12. The number of rotatable bonds is 7. The predicted octanol–water partition coefficient (Wildman–Crippen LogP) is 4.66. The van der Waals surface area contributed by atoms with Gasteiger partial charge in [0.1, 0.15) is 11.5 Å². The second-order valence-electron chi connectivity index (χ2n) is 13.0. The van der Waals surface area contributed by atoms with Crippen molar-refractivity contribution >= 4 is 17.2 Å². The number of carbonyl (C=O) groups is 1. The number of aliphatic hydroxyl groups is 1. The lowest BCUT2D eigenvalue weighted by Gasteiger charge is -2.62. The first-order chi connectivity index (χ1) is 17.6. The minimum atomic E-state index is -0.548. The van der Waals surface area contributed by atoms with Crippen molar-refractivity contribution in [1.82, 2.24) is 5.43 Å². The Morgan fingerprint density at radius 2 is 1.92 bits per heavy atom. The molecule has 0 heterocycles. The maximum absolute atomic E-state index is 13.5. The molecule has 3 N–H and O–H groups in total. The highest BCUT2D eigenvalue weighted by molar-refractivity contribution is 6.50. The number of allylic oxidation sites excluding steroid dienone is 3. The standard InChI is InChI=1S/C30H45N3O4/c1-28(35)13-14-30(18-36-3)19(16-28)5-7-21-22-8-9-24(29(22,2)12-11-23(21)30)27(34)17-32-33-26-10-6-20(37-4)15-25(26)31/h6,10,15,19,21-24,31-32,35H,5,7-9,11-14,16-18H2,1-4H3/b31-25?,33-26-/t19-,21-,22-,23-,24+,28+,29-,30+/m0/s1. The zero-order chi connectivity index (χ0) is 26.4. The third-order valence-corrected chi connectivity index (χ3v) is 11.1. The lowest BCUT2D eigenvalue weighted by atomic mass is 9.43. The molecule has 7 heteroatoms. The number of hydrogen-bond donors (Lipinski definition) is 3. The molecular formula is C30H45N3O4. The van der Waals surface area contributed by atoms with E-state index < -0.39 is 5.60 Å². The van der Waals surface area contributed by atoms with Gasteiger partial charge in [-0.25, -0.2) is 0 Å². The second-order valence-corrected chi connectivity index (χ2v) is 13.0. The van der Waals surface area contributed by atoms with E-state index in [2.05, 4.69) is 17.5 Å². The van der Waals surface area contributed by atoms with Gasteiger partial charge >= 0.3 is 0 Å². The average molecular weight is 512 g/mol. The molecule has 0 aliphatic heterocycles. The van der Waals surface area contributed by atoms with E-state index in [9.17, 15) is 9.90 Å². The molecule has 5 aliphatic rings. The summed E-state index contributed by atoms with van der Waals surface area (Å²) in [7, 11) is 3.42. The Morgan fingerprint density at radius 3 is 2.65 bits per heavy atom. The fourth-order valence-corrected chi connectivity index (χ4v) is 9.38. The Kier molecular flexibility index (Phi) is 7.16. The Labute approximate surface area is 221 Å². The molecule has 4 fully saturated rings. The summed E-state index contributed by atoms with van der Waals surface area (Å²) in [5, 5.41) is 23.3. The van der Waals surface area contributed by atoms with E-state index in [1.165, 1.54) is 12.8 Å². The van der Waals surface area contributed by atoms with Gasteiger partial charge in [-0.2, -0.15) is 5.10 Å². The van der Waals surface area contributed by atoms with E-state index in [-0.39, 0.29) is 34.8 Å². The van der Waals surface area contributed by atoms with Crippen molar-refractivity contribution < 1.29 is 19.4 Å². The first-order valence-electron chi connectivity index (χ1n) is 14.2. The van der Waals surface area contributed by atoms with Crippen LogP contribution in [0.25, 0.3) is 0 Å². The third kappa shape index (κ3) is 4.60. The van der Waals surface area contributed by atoms with E-state index in [1.807, 2.05) is 14.0 Å². The molecule has 37 heavy (non-hydrogen) atoms. The van der Waals surface area contributed by atoms with Crippen LogP contribution in [-0.4, -0.2) is 55.3 Å². The number of hydrogen-bond acceptors (Lipinski definition) is 7. The Morgan fingerprint density at radius 1 is 1.11 bits per heavy atom. The number of hydrazone groups is 1. The lowest BCUT2D eigenvalue weighted by Crippen LogP contribution is -2.58. The molecule has 4 saturated carbocycles. The van der Waals surface area contributed by atoms with Crippen LogP contribution in [-0.2, 0) is 14.3 Å². The molecule has 0 amide bonds. The highest BCUT2D eigenvalue weighted by Gasteiger charge is 2.63. The zero-order valence-corrected chi connectivity index (χ0v) is 23.0. The lowest BCUT2D eigenvalue weighted by molar-refractivity contribution is -0.175. The summed E-state index contributed by atoms with van der Waals surface area (Å²) in [6.45, 7) is 5.40. The maximum atomic E-state index is 13.5. The van der Waals surface area contributed by atoms with E-state index in [4.69, 9.17) is 14.9 Å². The van der Waals surface area contributed by atoms with Gasteiger partial charge in [-0.05, 0) is 111 Å². The minimum absolute atomic E-state index is 0.0435. The van der Waals surface area contributed by atoms with Crippen molar-refractivity contribution in [1.29, 1.82) is 5.41 Å². The Balaban J connectivity index is 1.27. The van der Waals surface area contributed by atoms with E-state index in [1.54, 1.807) is 25.3 Å². The summed E-state index contributed by atoms with van der Waals surface area (Å²) in [4.78, 5) is 13.5. The number of Topliss-reactive ketones (excluding diaryl/α,β-unsaturated/α-hetero) is 1. The topological polar surface area (TPSA) is 104 Å². The molecule has 0 aromatic carbocycles. The molecule has 0 aromatic rings. The third-order valence-electron chi connectivity index (χ3n) is 11.1. The number of ketones is 1. The summed E-state index contributed by atoms with van der Waals surface area (Å²) in [5.74, 6) is 3.33. The minimum Gasteiger partial charge on any atom is -0.497 e. The highest BCUT2D eigenvalue weighted by Crippen LogP contribution is 2.68. The Hall–Kier alpha value is -1.99. The van der Waals surface area contributed by atoms with Crippen LogP contribution in [0.3, 0.4) is 0 Å². The Bertz CT molecular complexity index is 1020. The number of methoxy groups -OCH3 is 2. The van der Waals surface area contributed by atoms with Crippen molar-refractivity contribution in [2.45, 2.75) is 77.2 Å². The quantitative estimate of drug-likeness (QED) is 0.341. The molecule has 204 valence electrons. The van der Waals surface area contributed by atoms with Gasteiger partial charge < -0.3 is 20.0 Å². The monoisotopic (exact) mass is 511 g/mol. The molecule has 5 rings (SSSR count). The molecule has 7 nitrogen and oxygen atoms in total. The normalized spacial score (nSPS) is 44.0. The first-order valence-corrected chi connectivity index (χ1v) is 14.2. The highest BCUT2D eigenvalue weighted by atomic mass is 16.5. The van der Waals surface area contributed by atoms with E-state index in [0.29, 0.717) is 35.1 Å². The largest absolute Gasteiger partial charge is 0.497 e. The van der Waals surface area contributed by atoms with Crippen molar-refractivity contribution in [3.8, 4) is 0 Å². The summed E-state index contributed by atoms with van der Waals surface area (Å²) in [6.07, 6.45) is 14.7. The fraction of sp³-hybridized carbons (Fsp3) is 0.767. The molecule has 8 atom stereocenters. The van der Waals surface area contributed by atoms with Crippen molar-refractivity contribution in [2.75, 3.05) is 27.4 Å². The summed E-state index contributed by atoms with van der Waals surface area (Å²) >= 11 is 0. The predicted molar refractivity (Wildman–Crippen MR) is 144 cm³/mol. The maximum Gasteiger partial charge on any atom is 0.157 e. The van der Waals surface area contributed by atoms with Crippen molar-refractivity contribution in [3.63, 3.8) is 0 Å². The van der Waals surface area contributed by atoms with Crippen LogP contribution in [0.2, 0.25) is 0 Å². The van der Waals surface area contributed by atoms with Gasteiger partial charge in [0.2, 0.25) is 0 Å². The molecule has 0 aromatic heterocycles. The molecule has 0 spiro atoms. The molecule has 0 unspecified atom stereocenters. The van der Waals surface area contributed by atoms with Crippen LogP contribution >= 0.6 is 0 Å². The van der Waals surface area contributed by atoms with Crippen LogP contribution in [0.5, 0.6) is 0 Å². The molecule has 5 aliphatic carbocycles. The van der Waals surface area contributed by atoms with Crippen LogP contribution in [0.4, 0.5) is 0 Å². The van der Waals surface area contributed by atoms with Gasteiger partial charge in [0, 0.05) is 19.1 Å².